The first-order chi connectivity index (χ1) is 15.2. The Bertz CT molecular complexity index is 1340. The van der Waals surface area contributed by atoms with Crippen molar-refractivity contribution in [1.82, 2.24) is 14.4 Å². The summed E-state index contributed by atoms with van der Waals surface area (Å²) in [6, 6.07) is 3.38. The summed E-state index contributed by atoms with van der Waals surface area (Å²) in [6.45, 7) is 2.96. The monoisotopic (exact) mass is 524 g/mol. The van der Waals surface area contributed by atoms with Gasteiger partial charge in [-0.15, -0.1) is 11.3 Å². The smallest absolute Gasteiger partial charge is 0.375 e. The lowest BCUT2D eigenvalue weighted by molar-refractivity contribution is -0.0435. The van der Waals surface area contributed by atoms with Crippen LogP contribution in [0.5, 0.6) is 0 Å². The Morgan fingerprint density at radius 2 is 1.91 bits per heavy atom. The fourth-order valence-corrected chi connectivity index (χ4v) is 5.68. The number of aryl methyl sites for hydroxylation is 1. The Balaban J connectivity index is 2.04. The molecule has 15 heteroatoms. The third kappa shape index (κ3) is 5.20. The quantitative estimate of drug-likeness (QED) is 0.473. The number of alkyl halides is 3. The van der Waals surface area contributed by atoms with Crippen LogP contribution in [0.2, 0.25) is 0 Å². The summed E-state index contributed by atoms with van der Waals surface area (Å²) in [5.41, 5.74) is -5.53. The summed E-state index contributed by atoms with van der Waals surface area (Å²) in [5, 5.41) is 8.48. The normalized spacial score (nSPS) is 13.9. The minimum absolute atomic E-state index is 0.206. The van der Waals surface area contributed by atoms with E-state index in [1.54, 1.807) is 19.2 Å². The molecule has 0 saturated carbocycles. The van der Waals surface area contributed by atoms with E-state index >= 15 is 0 Å². The highest BCUT2D eigenvalue weighted by atomic mass is 32.2. The zero-order valence-electron chi connectivity index (χ0n) is 17.5. The molecule has 0 amide bonds. The van der Waals surface area contributed by atoms with Gasteiger partial charge in [-0.05, 0) is 32.0 Å². The van der Waals surface area contributed by atoms with Crippen molar-refractivity contribution in [2.75, 3.05) is 12.4 Å². The molecule has 0 spiro atoms. The lowest BCUT2D eigenvalue weighted by Crippen LogP contribution is -2.28. The van der Waals surface area contributed by atoms with Gasteiger partial charge in [-0.25, -0.2) is 21.8 Å². The molecule has 1 atom stereocenters. The number of nitrogens with one attached hydrogen (secondary N) is 1. The van der Waals surface area contributed by atoms with Crippen molar-refractivity contribution in [1.29, 1.82) is 0 Å². The number of hydrogen-bond donors (Lipinski definition) is 1. The highest BCUT2D eigenvalue weighted by Crippen LogP contribution is 2.37. The zero-order chi connectivity index (χ0) is 24.6. The maximum atomic E-state index is 13.4. The van der Waals surface area contributed by atoms with E-state index in [0.29, 0.717) is 16.8 Å². The summed E-state index contributed by atoms with van der Waals surface area (Å²) in [4.78, 5) is 2.21. The third-order valence-corrected chi connectivity index (χ3v) is 8.79. The van der Waals surface area contributed by atoms with Gasteiger partial charge in [0.2, 0.25) is 10.0 Å². The van der Waals surface area contributed by atoms with Gasteiger partial charge in [-0.2, -0.15) is 17.5 Å². The van der Waals surface area contributed by atoms with Gasteiger partial charge < -0.3 is 9.84 Å². The molecule has 1 N–H and O–H groups in total. The Morgan fingerprint density at radius 3 is 2.45 bits per heavy atom. The van der Waals surface area contributed by atoms with Crippen molar-refractivity contribution < 1.29 is 34.5 Å². The SMILES string of the molecule is Cc1cc(CN(C)S(=O)(=O)c2ccc(N[C@@H](C)c3nccs3)c(S(=O)(=O)C(F)(F)F)c2)on1. The first kappa shape index (κ1) is 25.1. The number of aromatic nitrogens is 2. The lowest BCUT2D eigenvalue weighted by atomic mass is 10.2. The van der Waals surface area contributed by atoms with E-state index in [1.165, 1.54) is 30.6 Å². The van der Waals surface area contributed by atoms with Crippen LogP contribution in [-0.2, 0) is 26.4 Å². The number of nitrogens with zero attached hydrogens (tertiary/aromatic N) is 3. The Morgan fingerprint density at radius 1 is 1.21 bits per heavy atom. The fraction of sp³-hybridized carbons (Fsp3) is 0.333. The summed E-state index contributed by atoms with van der Waals surface area (Å²) in [7, 11) is -9.06. The van der Waals surface area contributed by atoms with Gasteiger partial charge in [-0.1, -0.05) is 5.16 Å². The summed E-state index contributed by atoms with van der Waals surface area (Å²) >= 11 is 1.22. The molecule has 0 aliphatic carbocycles. The van der Waals surface area contributed by atoms with Crippen LogP contribution in [0, 0.1) is 6.92 Å². The minimum Gasteiger partial charge on any atom is -0.375 e. The second-order valence-corrected chi connectivity index (χ2v) is 11.9. The molecular formula is C18H19F3N4O5S3. The molecule has 2 aromatic heterocycles. The average molecular weight is 525 g/mol. The number of rotatable bonds is 8. The van der Waals surface area contributed by atoms with Gasteiger partial charge in [0.25, 0.3) is 9.84 Å². The van der Waals surface area contributed by atoms with Crippen LogP contribution in [0.4, 0.5) is 18.9 Å². The first-order valence-corrected chi connectivity index (χ1v) is 13.0. The minimum atomic E-state index is -5.88. The summed E-state index contributed by atoms with van der Waals surface area (Å²) in [6.07, 6.45) is 1.49. The molecule has 2 heterocycles. The van der Waals surface area contributed by atoms with E-state index in [2.05, 4.69) is 15.5 Å². The average Bonchev–Trinajstić information content (AvgIpc) is 3.39. The Kier molecular flexibility index (Phi) is 6.89. The standard InChI is InChI=1S/C18H19F3N4O5S3/c1-11-8-13(30-24-11)10-25(3)33(28,29)14-4-5-15(23-12(2)17-22-6-7-31-17)16(9-14)32(26,27)18(19,20)21/h4-9,12,23H,10H2,1-3H3/t12-/m0/s1. The van der Waals surface area contributed by atoms with Crippen molar-refractivity contribution in [3.63, 3.8) is 0 Å². The zero-order valence-corrected chi connectivity index (χ0v) is 19.9. The first-order valence-electron chi connectivity index (χ1n) is 9.23. The number of halogens is 3. The molecular weight excluding hydrogens is 505 g/mol. The highest BCUT2D eigenvalue weighted by Gasteiger charge is 2.48. The molecule has 0 fully saturated rings. The summed E-state index contributed by atoms with van der Waals surface area (Å²) < 4.78 is 96.4. The van der Waals surface area contributed by atoms with Crippen LogP contribution in [0.1, 0.15) is 29.4 Å². The molecule has 3 aromatic rings. The molecule has 0 saturated heterocycles. The fourth-order valence-electron chi connectivity index (χ4n) is 2.85. The van der Waals surface area contributed by atoms with Gasteiger partial charge >= 0.3 is 5.51 Å². The van der Waals surface area contributed by atoms with Crippen molar-refractivity contribution in [2.24, 2.45) is 0 Å². The van der Waals surface area contributed by atoms with E-state index in [1.807, 2.05) is 0 Å². The molecule has 0 aliphatic rings. The maximum Gasteiger partial charge on any atom is 0.501 e. The van der Waals surface area contributed by atoms with Crippen LogP contribution < -0.4 is 5.32 Å². The van der Waals surface area contributed by atoms with Gasteiger partial charge in [0.05, 0.1) is 28.9 Å². The summed E-state index contributed by atoms with van der Waals surface area (Å²) in [5.74, 6) is 0.206. The second kappa shape index (κ2) is 9.04. The largest absolute Gasteiger partial charge is 0.501 e. The van der Waals surface area contributed by atoms with Crippen LogP contribution >= 0.6 is 11.3 Å². The van der Waals surface area contributed by atoms with Crippen LogP contribution in [0.3, 0.4) is 0 Å². The van der Waals surface area contributed by atoms with Crippen molar-refractivity contribution in [2.45, 2.75) is 41.7 Å². The highest BCUT2D eigenvalue weighted by molar-refractivity contribution is 7.92. The number of thiazole rings is 1. The number of sulfonamides is 1. The molecule has 33 heavy (non-hydrogen) atoms. The van der Waals surface area contributed by atoms with E-state index in [4.69, 9.17) is 4.52 Å². The number of hydrogen-bond acceptors (Lipinski definition) is 9. The molecule has 0 unspecified atom stereocenters. The van der Waals surface area contributed by atoms with E-state index in [9.17, 15) is 30.0 Å². The molecule has 9 nitrogen and oxygen atoms in total. The predicted octanol–water partition coefficient (Wildman–Crippen LogP) is 3.73. The van der Waals surface area contributed by atoms with Gasteiger partial charge in [0.15, 0.2) is 5.76 Å². The molecule has 1 aromatic carbocycles. The van der Waals surface area contributed by atoms with Crippen molar-refractivity contribution >= 4 is 36.9 Å². The topological polar surface area (TPSA) is 122 Å². The van der Waals surface area contributed by atoms with Crippen molar-refractivity contribution in [3.8, 4) is 0 Å². The van der Waals surface area contributed by atoms with Crippen molar-refractivity contribution in [3.05, 3.63) is 52.3 Å². The van der Waals surface area contributed by atoms with Crippen LogP contribution in [0.15, 0.2) is 50.2 Å². The maximum absolute atomic E-state index is 13.4. The third-order valence-electron chi connectivity index (χ3n) is 4.50. The molecule has 0 aliphatic heterocycles. The van der Waals surface area contributed by atoms with Crippen LogP contribution in [-0.4, -0.2) is 43.8 Å². The predicted molar refractivity (Wildman–Crippen MR) is 114 cm³/mol. The molecule has 0 radical (unpaired) electrons. The molecule has 3 rings (SSSR count). The number of sulfone groups is 1. The van der Waals surface area contributed by atoms with Gasteiger partial charge in [-0.3, -0.25) is 0 Å². The number of benzene rings is 1. The second-order valence-electron chi connectivity index (χ2n) is 7.04. The Labute approximate surface area is 192 Å². The van der Waals surface area contributed by atoms with Gasteiger partial charge in [0, 0.05) is 24.7 Å². The van der Waals surface area contributed by atoms with Gasteiger partial charge in [0.1, 0.15) is 9.90 Å². The lowest BCUT2D eigenvalue weighted by Gasteiger charge is -2.20. The number of anilines is 1. The van der Waals surface area contributed by atoms with E-state index in [0.717, 1.165) is 16.4 Å². The van der Waals surface area contributed by atoms with E-state index in [-0.39, 0.29) is 12.3 Å². The molecule has 180 valence electrons. The van der Waals surface area contributed by atoms with E-state index < -0.39 is 46.9 Å². The van der Waals surface area contributed by atoms with Crippen LogP contribution in [0.25, 0.3) is 0 Å². The molecule has 0 bridgehead atoms. The Hall–Kier alpha value is -2.49.